The van der Waals surface area contributed by atoms with Gasteiger partial charge in [-0.05, 0) is 37.2 Å². The molecule has 0 radical (unpaired) electrons. The molecule has 0 saturated carbocycles. The first kappa shape index (κ1) is 11.4. The van der Waals surface area contributed by atoms with Crippen LogP contribution in [0.1, 0.15) is 12.8 Å². The molecule has 16 heavy (non-hydrogen) atoms. The van der Waals surface area contributed by atoms with E-state index in [1.807, 2.05) is 30.3 Å². The van der Waals surface area contributed by atoms with Crippen LogP contribution >= 0.6 is 12.2 Å². The summed E-state index contributed by atoms with van der Waals surface area (Å²) < 4.78 is 5.30. The molecule has 0 atom stereocenters. The minimum absolute atomic E-state index is 0.442. The van der Waals surface area contributed by atoms with Crippen molar-refractivity contribution < 1.29 is 4.74 Å². The third-order valence-electron chi connectivity index (χ3n) is 2.59. The molecule has 1 aliphatic rings. The molecule has 4 heteroatoms. The minimum Gasteiger partial charge on any atom is -0.381 e. The first-order valence-corrected chi connectivity index (χ1v) is 5.96. The van der Waals surface area contributed by atoms with Gasteiger partial charge in [0.1, 0.15) is 0 Å². The number of hydrogen-bond acceptors (Lipinski definition) is 2. The molecule has 1 fully saturated rings. The second kappa shape index (κ2) is 5.82. The number of nitrogens with one attached hydrogen (secondary N) is 2. The second-order valence-corrected chi connectivity index (χ2v) is 4.26. The van der Waals surface area contributed by atoms with Crippen molar-refractivity contribution in [3.8, 4) is 0 Å². The molecule has 1 aromatic carbocycles. The summed E-state index contributed by atoms with van der Waals surface area (Å²) in [4.78, 5) is 0. The predicted molar refractivity (Wildman–Crippen MR) is 69.6 cm³/mol. The third-order valence-corrected chi connectivity index (χ3v) is 2.81. The van der Waals surface area contributed by atoms with Gasteiger partial charge < -0.3 is 15.4 Å². The van der Waals surface area contributed by atoms with Gasteiger partial charge in [0.2, 0.25) is 0 Å². The molecule has 0 spiro atoms. The van der Waals surface area contributed by atoms with Crippen LogP contribution in [0.3, 0.4) is 0 Å². The van der Waals surface area contributed by atoms with E-state index in [1.165, 1.54) is 0 Å². The Morgan fingerprint density at radius 1 is 1.19 bits per heavy atom. The van der Waals surface area contributed by atoms with Crippen LogP contribution in [0.2, 0.25) is 0 Å². The molecule has 0 unspecified atom stereocenters. The van der Waals surface area contributed by atoms with Gasteiger partial charge in [0.15, 0.2) is 5.11 Å². The summed E-state index contributed by atoms with van der Waals surface area (Å²) in [7, 11) is 0. The largest absolute Gasteiger partial charge is 0.381 e. The Hall–Kier alpha value is -1.13. The molecule has 0 aromatic heterocycles. The Labute approximate surface area is 101 Å². The summed E-state index contributed by atoms with van der Waals surface area (Å²) >= 11 is 5.25. The van der Waals surface area contributed by atoms with Crippen molar-refractivity contribution in [3.63, 3.8) is 0 Å². The van der Waals surface area contributed by atoms with Crippen molar-refractivity contribution in [2.45, 2.75) is 18.9 Å². The molecule has 2 rings (SSSR count). The normalized spacial score (nSPS) is 16.8. The number of ether oxygens (including phenoxy) is 1. The molecule has 0 aliphatic carbocycles. The maximum atomic E-state index is 5.30. The highest BCUT2D eigenvalue weighted by atomic mass is 32.1. The Morgan fingerprint density at radius 2 is 1.88 bits per heavy atom. The van der Waals surface area contributed by atoms with E-state index in [0.717, 1.165) is 31.7 Å². The summed E-state index contributed by atoms with van der Waals surface area (Å²) in [5.41, 5.74) is 1.02. The minimum atomic E-state index is 0.442. The van der Waals surface area contributed by atoms with E-state index < -0.39 is 0 Å². The summed E-state index contributed by atoms with van der Waals surface area (Å²) in [5, 5.41) is 7.17. The first-order valence-electron chi connectivity index (χ1n) is 5.55. The van der Waals surface area contributed by atoms with Crippen LogP contribution < -0.4 is 10.6 Å². The molecule has 1 aromatic rings. The van der Waals surface area contributed by atoms with Gasteiger partial charge in [0.05, 0.1) is 0 Å². The smallest absolute Gasteiger partial charge is 0.170 e. The second-order valence-electron chi connectivity index (χ2n) is 3.85. The third kappa shape index (κ3) is 3.47. The van der Waals surface area contributed by atoms with Crippen molar-refractivity contribution in [2.75, 3.05) is 18.5 Å². The Morgan fingerprint density at radius 3 is 2.56 bits per heavy atom. The number of benzene rings is 1. The van der Waals surface area contributed by atoms with E-state index in [2.05, 4.69) is 10.6 Å². The molecular weight excluding hydrogens is 220 g/mol. The summed E-state index contributed by atoms with van der Waals surface area (Å²) in [6.07, 6.45) is 2.05. The zero-order valence-electron chi connectivity index (χ0n) is 9.11. The van der Waals surface area contributed by atoms with Crippen LogP contribution in [0.25, 0.3) is 0 Å². The average molecular weight is 236 g/mol. The Kier molecular flexibility index (Phi) is 4.13. The van der Waals surface area contributed by atoms with Crippen LogP contribution in [-0.2, 0) is 4.74 Å². The topological polar surface area (TPSA) is 33.3 Å². The average Bonchev–Trinajstić information content (AvgIpc) is 2.31. The molecule has 0 amide bonds. The summed E-state index contributed by atoms with van der Waals surface area (Å²) in [6.45, 7) is 1.65. The van der Waals surface area contributed by atoms with Crippen LogP contribution in [0.15, 0.2) is 30.3 Å². The summed E-state index contributed by atoms with van der Waals surface area (Å²) in [5.74, 6) is 0. The lowest BCUT2D eigenvalue weighted by atomic mass is 10.1. The van der Waals surface area contributed by atoms with Gasteiger partial charge in [0.25, 0.3) is 0 Å². The number of anilines is 1. The van der Waals surface area contributed by atoms with E-state index in [0.29, 0.717) is 11.2 Å². The zero-order valence-corrected chi connectivity index (χ0v) is 9.93. The van der Waals surface area contributed by atoms with Crippen molar-refractivity contribution in [1.82, 2.24) is 5.32 Å². The van der Waals surface area contributed by atoms with Crippen molar-refractivity contribution in [2.24, 2.45) is 0 Å². The highest BCUT2D eigenvalue weighted by molar-refractivity contribution is 7.80. The lowest BCUT2D eigenvalue weighted by Gasteiger charge is -2.24. The quantitative estimate of drug-likeness (QED) is 0.771. The maximum Gasteiger partial charge on any atom is 0.170 e. The Balaban J connectivity index is 1.80. The molecule has 1 saturated heterocycles. The van der Waals surface area contributed by atoms with Crippen molar-refractivity contribution >= 4 is 23.0 Å². The first-order chi connectivity index (χ1) is 7.84. The lowest BCUT2D eigenvalue weighted by molar-refractivity contribution is 0.0826. The zero-order chi connectivity index (χ0) is 11.2. The van der Waals surface area contributed by atoms with Crippen LogP contribution in [-0.4, -0.2) is 24.4 Å². The van der Waals surface area contributed by atoms with Crippen molar-refractivity contribution in [1.29, 1.82) is 0 Å². The molecule has 0 bridgehead atoms. The van der Waals surface area contributed by atoms with Gasteiger partial charge in [-0.25, -0.2) is 0 Å². The van der Waals surface area contributed by atoms with Gasteiger partial charge >= 0.3 is 0 Å². The molecule has 1 heterocycles. The molecule has 1 aliphatic heterocycles. The SMILES string of the molecule is S=C(Nc1ccccc1)NC1CCOCC1. The van der Waals surface area contributed by atoms with Gasteiger partial charge in [0, 0.05) is 24.9 Å². The monoisotopic (exact) mass is 236 g/mol. The van der Waals surface area contributed by atoms with Gasteiger partial charge in [-0.3, -0.25) is 0 Å². The molecular formula is C12H16N2OS. The highest BCUT2D eigenvalue weighted by Gasteiger charge is 2.14. The highest BCUT2D eigenvalue weighted by Crippen LogP contribution is 2.08. The van der Waals surface area contributed by atoms with Crippen molar-refractivity contribution in [3.05, 3.63) is 30.3 Å². The molecule has 3 nitrogen and oxygen atoms in total. The standard InChI is InChI=1S/C12H16N2OS/c16-12(13-10-4-2-1-3-5-10)14-11-6-8-15-9-7-11/h1-5,11H,6-9H2,(H2,13,14,16). The molecule has 2 N–H and O–H groups in total. The fourth-order valence-electron chi connectivity index (χ4n) is 1.72. The van der Waals surface area contributed by atoms with Crippen LogP contribution in [0.5, 0.6) is 0 Å². The van der Waals surface area contributed by atoms with Gasteiger partial charge in [-0.2, -0.15) is 0 Å². The van der Waals surface area contributed by atoms with Gasteiger partial charge in [-0.15, -0.1) is 0 Å². The number of para-hydroxylation sites is 1. The number of rotatable bonds is 2. The Bertz CT molecular complexity index is 336. The fourth-order valence-corrected chi connectivity index (χ4v) is 2.00. The summed E-state index contributed by atoms with van der Waals surface area (Å²) in [6, 6.07) is 10.4. The molecule has 86 valence electrons. The van der Waals surface area contributed by atoms with E-state index >= 15 is 0 Å². The predicted octanol–water partition coefficient (Wildman–Crippen LogP) is 2.15. The van der Waals surface area contributed by atoms with E-state index in [1.54, 1.807) is 0 Å². The van der Waals surface area contributed by atoms with E-state index in [-0.39, 0.29) is 0 Å². The number of hydrogen-bond donors (Lipinski definition) is 2. The maximum absolute atomic E-state index is 5.30. The van der Waals surface area contributed by atoms with Crippen LogP contribution in [0, 0.1) is 0 Å². The number of thiocarbonyl (C=S) groups is 1. The van der Waals surface area contributed by atoms with E-state index in [4.69, 9.17) is 17.0 Å². The van der Waals surface area contributed by atoms with E-state index in [9.17, 15) is 0 Å². The van der Waals surface area contributed by atoms with Gasteiger partial charge in [-0.1, -0.05) is 18.2 Å². The lowest BCUT2D eigenvalue weighted by Crippen LogP contribution is -2.41. The fraction of sp³-hybridized carbons (Fsp3) is 0.417. The van der Waals surface area contributed by atoms with Crippen LogP contribution in [0.4, 0.5) is 5.69 Å².